The summed E-state index contributed by atoms with van der Waals surface area (Å²) in [6.45, 7) is 2.89. The largest absolute Gasteiger partial charge is 0.390 e. The summed E-state index contributed by atoms with van der Waals surface area (Å²) in [4.78, 5) is 0. The molecule has 0 fully saturated rings. The Hall–Kier alpha value is -0.840. The summed E-state index contributed by atoms with van der Waals surface area (Å²) >= 11 is 3.54. The SMILES string of the molecule is Cc1cn(CC(O)CN)c2cccc(Br)c12. The molecule has 2 aromatic rings. The molecule has 1 aromatic heterocycles. The van der Waals surface area contributed by atoms with Gasteiger partial charge in [-0.15, -0.1) is 0 Å². The molecule has 2 rings (SSSR count). The minimum Gasteiger partial charge on any atom is -0.390 e. The molecule has 0 spiro atoms. The summed E-state index contributed by atoms with van der Waals surface area (Å²) in [6.07, 6.45) is 1.56. The van der Waals surface area contributed by atoms with Gasteiger partial charge >= 0.3 is 0 Å². The maximum atomic E-state index is 9.59. The fourth-order valence-electron chi connectivity index (χ4n) is 1.96. The van der Waals surface area contributed by atoms with Gasteiger partial charge in [0.1, 0.15) is 0 Å². The number of aromatic nitrogens is 1. The average Bonchev–Trinajstić information content (AvgIpc) is 2.57. The molecule has 0 aliphatic rings. The van der Waals surface area contributed by atoms with Gasteiger partial charge in [-0.1, -0.05) is 22.0 Å². The highest BCUT2D eigenvalue weighted by Crippen LogP contribution is 2.28. The Kier molecular flexibility index (Phi) is 3.33. The van der Waals surface area contributed by atoms with E-state index in [-0.39, 0.29) is 6.54 Å². The molecule has 86 valence electrons. The zero-order chi connectivity index (χ0) is 11.7. The predicted molar refractivity (Wildman–Crippen MR) is 69.4 cm³/mol. The van der Waals surface area contributed by atoms with Crippen LogP contribution in [0.1, 0.15) is 5.56 Å². The molecule has 1 unspecified atom stereocenters. The topological polar surface area (TPSA) is 51.2 Å². The van der Waals surface area contributed by atoms with E-state index in [1.807, 2.05) is 22.9 Å². The number of hydrogen-bond acceptors (Lipinski definition) is 2. The van der Waals surface area contributed by atoms with Crippen molar-refractivity contribution in [2.24, 2.45) is 5.73 Å². The van der Waals surface area contributed by atoms with Crippen LogP contribution >= 0.6 is 15.9 Å². The zero-order valence-electron chi connectivity index (χ0n) is 9.15. The zero-order valence-corrected chi connectivity index (χ0v) is 10.7. The van der Waals surface area contributed by atoms with Gasteiger partial charge < -0.3 is 15.4 Å². The standard InChI is InChI=1S/C12H15BrN2O/c1-8-6-15(7-9(16)5-14)11-4-2-3-10(13)12(8)11/h2-4,6,9,16H,5,7,14H2,1H3. The fraction of sp³-hybridized carbons (Fsp3) is 0.333. The van der Waals surface area contributed by atoms with Gasteiger partial charge in [0, 0.05) is 34.7 Å². The van der Waals surface area contributed by atoms with E-state index in [1.54, 1.807) is 0 Å². The van der Waals surface area contributed by atoms with E-state index in [0.717, 1.165) is 9.99 Å². The third-order valence-corrected chi connectivity index (χ3v) is 3.39. The number of aliphatic hydroxyl groups excluding tert-OH is 1. The Morgan fingerprint density at radius 3 is 2.94 bits per heavy atom. The van der Waals surface area contributed by atoms with Crippen LogP contribution in [0.4, 0.5) is 0 Å². The molecule has 0 aliphatic heterocycles. The number of nitrogens with two attached hydrogens (primary N) is 1. The van der Waals surface area contributed by atoms with Gasteiger partial charge in [-0.05, 0) is 24.6 Å². The number of nitrogens with zero attached hydrogens (tertiary/aromatic N) is 1. The quantitative estimate of drug-likeness (QED) is 0.905. The lowest BCUT2D eigenvalue weighted by Gasteiger charge is -2.10. The summed E-state index contributed by atoms with van der Waals surface area (Å²) in [5.41, 5.74) is 7.75. The Morgan fingerprint density at radius 1 is 1.50 bits per heavy atom. The molecule has 1 atom stereocenters. The number of fused-ring (bicyclic) bond motifs is 1. The number of halogens is 1. The van der Waals surface area contributed by atoms with Crippen molar-refractivity contribution in [3.63, 3.8) is 0 Å². The molecule has 3 N–H and O–H groups in total. The van der Waals surface area contributed by atoms with E-state index >= 15 is 0 Å². The van der Waals surface area contributed by atoms with Gasteiger partial charge in [0.15, 0.2) is 0 Å². The molecule has 4 heteroatoms. The summed E-state index contributed by atoms with van der Waals surface area (Å²) in [5.74, 6) is 0. The Morgan fingerprint density at radius 2 is 2.25 bits per heavy atom. The van der Waals surface area contributed by atoms with Crippen molar-refractivity contribution in [2.45, 2.75) is 19.6 Å². The molecule has 16 heavy (non-hydrogen) atoms. The van der Waals surface area contributed by atoms with E-state index in [0.29, 0.717) is 6.54 Å². The first-order valence-electron chi connectivity index (χ1n) is 5.25. The lowest BCUT2D eigenvalue weighted by molar-refractivity contribution is 0.163. The van der Waals surface area contributed by atoms with Crippen molar-refractivity contribution in [1.82, 2.24) is 4.57 Å². The Balaban J connectivity index is 2.51. The molecular weight excluding hydrogens is 268 g/mol. The van der Waals surface area contributed by atoms with Crippen LogP contribution in [0, 0.1) is 6.92 Å². The smallest absolute Gasteiger partial charge is 0.0841 e. The Bertz CT molecular complexity index is 507. The molecule has 0 saturated heterocycles. The number of benzene rings is 1. The van der Waals surface area contributed by atoms with E-state index in [2.05, 4.69) is 28.9 Å². The number of rotatable bonds is 3. The number of aliphatic hydroxyl groups is 1. The van der Waals surface area contributed by atoms with E-state index < -0.39 is 6.10 Å². The third-order valence-electron chi connectivity index (χ3n) is 2.72. The molecular formula is C12H15BrN2O. The Labute approximate surface area is 103 Å². The van der Waals surface area contributed by atoms with Crippen LogP contribution < -0.4 is 5.73 Å². The van der Waals surface area contributed by atoms with E-state index in [9.17, 15) is 5.11 Å². The van der Waals surface area contributed by atoms with Gasteiger partial charge in [-0.3, -0.25) is 0 Å². The maximum absolute atomic E-state index is 9.59. The highest BCUT2D eigenvalue weighted by atomic mass is 79.9. The van der Waals surface area contributed by atoms with E-state index in [1.165, 1.54) is 10.9 Å². The molecule has 1 heterocycles. The molecule has 0 radical (unpaired) electrons. The van der Waals surface area contributed by atoms with Crippen LogP contribution in [-0.4, -0.2) is 22.3 Å². The predicted octanol–water partition coefficient (Wildman–Crippen LogP) is 2.03. The lowest BCUT2D eigenvalue weighted by Crippen LogP contribution is -2.24. The van der Waals surface area contributed by atoms with Crippen LogP contribution in [0.2, 0.25) is 0 Å². The number of aryl methyl sites for hydroxylation is 1. The normalized spacial score (nSPS) is 13.2. The molecule has 0 aliphatic carbocycles. The first-order valence-corrected chi connectivity index (χ1v) is 6.05. The van der Waals surface area contributed by atoms with Crippen molar-refractivity contribution in [2.75, 3.05) is 6.54 Å². The summed E-state index contributed by atoms with van der Waals surface area (Å²) in [7, 11) is 0. The molecule has 0 amide bonds. The van der Waals surface area contributed by atoms with Crippen molar-refractivity contribution in [1.29, 1.82) is 0 Å². The summed E-state index contributed by atoms with van der Waals surface area (Å²) < 4.78 is 3.14. The minimum absolute atomic E-state index is 0.284. The lowest BCUT2D eigenvalue weighted by atomic mass is 10.2. The van der Waals surface area contributed by atoms with Crippen molar-refractivity contribution in [3.05, 3.63) is 34.4 Å². The molecule has 0 bridgehead atoms. The molecule has 1 aromatic carbocycles. The second-order valence-electron chi connectivity index (χ2n) is 3.99. The third kappa shape index (κ3) is 2.00. The maximum Gasteiger partial charge on any atom is 0.0841 e. The van der Waals surface area contributed by atoms with Gasteiger partial charge in [-0.2, -0.15) is 0 Å². The summed E-state index contributed by atoms with van der Waals surface area (Å²) in [6, 6.07) is 6.08. The summed E-state index contributed by atoms with van der Waals surface area (Å²) in [5, 5.41) is 10.8. The highest BCUT2D eigenvalue weighted by molar-refractivity contribution is 9.10. The second kappa shape index (κ2) is 4.57. The first-order chi connectivity index (χ1) is 7.63. The van der Waals surface area contributed by atoms with Crippen LogP contribution in [0.5, 0.6) is 0 Å². The van der Waals surface area contributed by atoms with Crippen LogP contribution in [-0.2, 0) is 6.54 Å². The van der Waals surface area contributed by atoms with Crippen LogP contribution in [0.15, 0.2) is 28.9 Å². The minimum atomic E-state index is -0.492. The number of hydrogen-bond donors (Lipinski definition) is 2. The fourth-order valence-corrected chi connectivity index (χ4v) is 2.63. The monoisotopic (exact) mass is 282 g/mol. The van der Waals surface area contributed by atoms with Gasteiger partial charge in [0.05, 0.1) is 6.10 Å². The van der Waals surface area contributed by atoms with Crippen LogP contribution in [0.25, 0.3) is 10.9 Å². The van der Waals surface area contributed by atoms with Crippen LogP contribution in [0.3, 0.4) is 0 Å². The van der Waals surface area contributed by atoms with Gasteiger partial charge in [0.2, 0.25) is 0 Å². The van der Waals surface area contributed by atoms with Crippen molar-refractivity contribution in [3.8, 4) is 0 Å². The van der Waals surface area contributed by atoms with Crippen molar-refractivity contribution >= 4 is 26.8 Å². The van der Waals surface area contributed by atoms with E-state index in [4.69, 9.17) is 5.73 Å². The second-order valence-corrected chi connectivity index (χ2v) is 4.84. The molecule has 3 nitrogen and oxygen atoms in total. The highest BCUT2D eigenvalue weighted by Gasteiger charge is 2.10. The first kappa shape index (κ1) is 11.6. The van der Waals surface area contributed by atoms with Gasteiger partial charge in [0.25, 0.3) is 0 Å². The van der Waals surface area contributed by atoms with Gasteiger partial charge in [-0.25, -0.2) is 0 Å². The van der Waals surface area contributed by atoms with Crippen molar-refractivity contribution < 1.29 is 5.11 Å². The average molecular weight is 283 g/mol. The molecule has 0 saturated carbocycles.